The normalized spacial score (nSPS) is 48.3. The number of methoxy groups -OCH3 is 2. The van der Waals surface area contributed by atoms with Gasteiger partial charge in [0, 0.05) is 57.7 Å². The van der Waals surface area contributed by atoms with Crippen molar-refractivity contribution in [1.29, 1.82) is 0 Å². The molecule has 0 aromatic rings. The van der Waals surface area contributed by atoms with Crippen molar-refractivity contribution in [3.63, 3.8) is 0 Å². The molecule has 20 atom stereocenters. The number of esters is 1. The van der Waals surface area contributed by atoms with E-state index < -0.39 is 90.8 Å². The molecule has 0 aromatic heterocycles. The molecule has 4 saturated heterocycles. The molecule has 1 aliphatic carbocycles. The maximum absolute atomic E-state index is 14.3. The zero-order valence-electron chi connectivity index (χ0n) is 38.2. The van der Waals surface area contributed by atoms with Gasteiger partial charge in [0.25, 0.3) is 0 Å². The summed E-state index contributed by atoms with van der Waals surface area (Å²) in [4.78, 5) is 14.3. The number of allylic oxidation sites excluding steroid dienone is 2. The van der Waals surface area contributed by atoms with Crippen LogP contribution in [0.5, 0.6) is 0 Å². The highest BCUT2D eigenvalue weighted by Gasteiger charge is 2.58. The molecule has 7 rings (SSSR count). The Bertz CT molecular complexity index is 1730. The lowest BCUT2D eigenvalue weighted by molar-refractivity contribution is -0.318. The number of hydrogen-bond donors (Lipinski definition) is 3. The molecular formula is C48H72O14. The maximum Gasteiger partial charge on any atom is 0.337 e. The summed E-state index contributed by atoms with van der Waals surface area (Å²) in [6.07, 6.45) is 8.54. The number of aliphatic hydroxyl groups is 3. The number of carbonyl (C=O) groups is 1. The first-order valence-electron chi connectivity index (χ1n) is 22.9. The van der Waals surface area contributed by atoms with Crippen LogP contribution in [0.25, 0.3) is 0 Å². The van der Waals surface area contributed by atoms with Gasteiger partial charge >= 0.3 is 5.97 Å². The first kappa shape index (κ1) is 47.6. The predicted octanol–water partition coefficient (Wildman–Crippen LogP) is 5.38. The average molecular weight is 873 g/mol. The van der Waals surface area contributed by atoms with Gasteiger partial charge in [-0.1, -0.05) is 77.5 Å². The zero-order chi connectivity index (χ0) is 44.7. The Kier molecular flexibility index (Phi) is 15.1. The number of carbonyl (C=O) groups excluding carboxylic acids is 1. The highest BCUT2D eigenvalue weighted by molar-refractivity contribution is 5.93. The van der Waals surface area contributed by atoms with Gasteiger partial charge in [0.1, 0.15) is 30.0 Å². The SMILES string of the molecule is CC[C@H](C)[C@H]1O[C@]2(C=C[C@@H]1C)C[C@@H]1C[C@@H](C/C=C(/C)[C@@H](O[C@H]3C[C@H](OC)[C@@H](O[C@H]4C[C@H](OC)[C@@H](O)[C@H](C)O4)[C@H](C)O3)[C@@H](C)/C=C\C=C3CO[C@@H]4[C@H](O)C(C)C=C(C(=O)O1)[C@]34O)O2. The molecule has 6 aliphatic heterocycles. The van der Waals surface area contributed by atoms with Crippen molar-refractivity contribution in [2.45, 2.75) is 191 Å². The summed E-state index contributed by atoms with van der Waals surface area (Å²) in [6, 6.07) is 0. The molecule has 1 unspecified atom stereocenters. The molecule has 0 saturated carbocycles. The minimum Gasteiger partial charge on any atom is -0.459 e. The molecule has 0 radical (unpaired) electrons. The second kappa shape index (κ2) is 19.7. The van der Waals surface area contributed by atoms with Gasteiger partial charge in [-0.15, -0.1) is 0 Å². The quantitative estimate of drug-likeness (QED) is 0.210. The van der Waals surface area contributed by atoms with E-state index in [2.05, 4.69) is 39.8 Å². The standard InChI is InChI=1S/C48H72O14/c1-11-25(2)43-28(5)17-18-47(62-43)23-34-20-33(61-47)16-15-27(4)42(26(3)13-12-14-32-24-55-45-40(49)29(6)19-35(46(51)58-34)48(32,45)52)59-39-22-37(54-10)44(31(8)57-39)60-38-21-36(53-9)41(50)30(7)56-38/h12-15,17-19,25-26,28-31,33-34,36-45,49-50,52H,11,16,20-24H2,1-10H3/b13-12-,27-15-,32-14?/t25-,26-,28-,29?,30-,31-,33+,34-,36-,37-,38-,39-,40+,41-,42-,43+,44-,45+,47+,48+/m0/s1. The summed E-state index contributed by atoms with van der Waals surface area (Å²) >= 11 is 0. The van der Waals surface area contributed by atoms with E-state index in [4.69, 9.17) is 47.4 Å². The molecule has 2 bridgehead atoms. The van der Waals surface area contributed by atoms with Gasteiger partial charge < -0.3 is 62.7 Å². The number of ether oxygens (including phenoxy) is 10. The molecule has 0 aromatic carbocycles. The van der Waals surface area contributed by atoms with Crippen molar-refractivity contribution in [2.24, 2.45) is 23.7 Å². The first-order valence-corrected chi connectivity index (χ1v) is 22.9. The highest BCUT2D eigenvalue weighted by Crippen LogP contribution is 2.47. The molecule has 14 nitrogen and oxygen atoms in total. The number of hydrogen-bond acceptors (Lipinski definition) is 14. The molecule has 0 amide bonds. The van der Waals surface area contributed by atoms with Gasteiger partial charge in [-0.05, 0) is 50.3 Å². The third-order valence-electron chi connectivity index (χ3n) is 14.4. The van der Waals surface area contributed by atoms with Crippen LogP contribution in [0, 0.1) is 23.7 Å². The topological polar surface area (TPSA) is 170 Å². The van der Waals surface area contributed by atoms with Crippen LogP contribution in [0.3, 0.4) is 0 Å². The van der Waals surface area contributed by atoms with E-state index in [1.165, 1.54) is 0 Å². The molecule has 4 fully saturated rings. The van der Waals surface area contributed by atoms with Crippen molar-refractivity contribution in [3.05, 3.63) is 59.3 Å². The fraction of sp³-hybridized carbons (Fsp3) is 0.771. The lowest BCUT2D eigenvalue weighted by Crippen LogP contribution is -2.56. The molecule has 7 aliphatic rings. The summed E-state index contributed by atoms with van der Waals surface area (Å²) in [5.74, 6) is -1.99. The zero-order valence-corrected chi connectivity index (χ0v) is 38.2. The van der Waals surface area contributed by atoms with E-state index in [0.29, 0.717) is 31.3 Å². The van der Waals surface area contributed by atoms with Crippen LogP contribution in [-0.4, -0.2) is 139 Å². The van der Waals surface area contributed by atoms with Crippen LogP contribution < -0.4 is 0 Å². The summed E-state index contributed by atoms with van der Waals surface area (Å²) in [6.45, 7) is 16.1. The van der Waals surface area contributed by atoms with Crippen molar-refractivity contribution < 1.29 is 67.5 Å². The van der Waals surface area contributed by atoms with Crippen molar-refractivity contribution >= 4 is 5.97 Å². The summed E-state index contributed by atoms with van der Waals surface area (Å²) in [7, 11) is 3.22. The Morgan fingerprint density at radius 2 is 1.58 bits per heavy atom. The van der Waals surface area contributed by atoms with Gasteiger partial charge in [0.2, 0.25) is 0 Å². The average Bonchev–Trinajstić information content (AvgIpc) is 3.58. The Balaban J connectivity index is 1.18. The molecule has 348 valence electrons. The van der Waals surface area contributed by atoms with Crippen LogP contribution in [0.2, 0.25) is 0 Å². The maximum atomic E-state index is 14.3. The fourth-order valence-corrected chi connectivity index (χ4v) is 10.5. The third kappa shape index (κ3) is 9.64. The summed E-state index contributed by atoms with van der Waals surface area (Å²) < 4.78 is 63.6. The van der Waals surface area contributed by atoms with Crippen LogP contribution in [-0.2, 0) is 52.2 Å². The summed E-state index contributed by atoms with van der Waals surface area (Å²) in [5, 5.41) is 34.2. The Morgan fingerprint density at radius 3 is 2.31 bits per heavy atom. The van der Waals surface area contributed by atoms with Crippen LogP contribution in [0.15, 0.2) is 59.3 Å². The van der Waals surface area contributed by atoms with E-state index in [0.717, 1.165) is 12.0 Å². The molecule has 14 heteroatoms. The van der Waals surface area contributed by atoms with Crippen molar-refractivity contribution in [1.82, 2.24) is 0 Å². The van der Waals surface area contributed by atoms with Gasteiger partial charge in [-0.2, -0.15) is 0 Å². The van der Waals surface area contributed by atoms with Crippen LogP contribution in [0.4, 0.5) is 0 Å². The minimum atomic E-state index is -1.90. The van der Waals surface area contributed by atoms with E-state index in [1.54, 1.807) is 40.2 Å². The lowest BCUT2D eigenvalue weighted by atomic mass is 9.72. The second-order valence-corrected chi connectivity index (χ2v) is 19.0. The Hall–Kier alpha value is -2.31. The lowest BCUT2D eigenvalue weighted by Gasteiger charge is -2.48. The summed E-state index contributed by atoms with van der Waals surface area (Å²) in [5.41, 5.74) is -0.426. The Labute approximate surface area is 367 Å². The molecule has 6 heterocycles. The van der Waals surface area contributed by atoms with E-state index in [-0.39, 0.29) is 54.7 Å². The molecular weight excluding hydrogens is 801 g/mol. The van der Waals surface area contributed by atoms with Gasteiger partial charge in [-0.3, -0.25) is 0 Å². The number of aliphatic hydroxyl groups excluding tert-OH is 2. The largest absolute Gasteiger partial charge is 0.459 e. The minimum absolute atomic E-state index is 0.0242. The van der Waals surface area contributed by atoms with E-state index >= 15 is 0 Å². The van der Waals surface area contributed by atoms with Crippen molar-refractivity contribution in [2.75, 3.05) is 20.8 Å². The fourth-order valence-electron chi connectivity index (χ4n) is 10.5. The van der Waals surface area contributed by atoms with Gasteiger partial charge in [0.15, 0.2) is 18.4 Å². The van der Waals surface area contributed by atoms with E-state index in [1.807, 2.05) is 32.1 Å². The second-order valence-electron chi connectivity index (χ2n) is 19.0. The van der Waals surface area contributed by atoms with Gasteiger partial charge in [0.05, 0.1) is 61.0 Å². The highest BCUT2D eigenvalue weighted by atomic mass is 16.7. The van der Waals surface area contributed by atoms with Gasteiger partial charge in [-0.25, -0.2) is 4.79 Å². The molecule has 1 spiro atoms. The van der Waals surface area contributed by atoms with Crippen LogP contribution >= 0.6 is 0 Å². The smallest absolute Gasteiger partial charge is 0.337 e. The number of fused-ring (bicyclic) bond motifs is 2. The first-order chi connectivity index (χ1) is 29.5. The van der Waals surface area contributed by atoms with E-state index in [9.17, 15) is 20.1 Å². The Morgan fingerprint density at radius 1 is 0.871 bits per heavy atom. The van der Waals surface area contributed by atoms with Crippen LogP contribution in [0.1, 0.15) is 93.9 Å². The predicted molar refractivity (Wildman–Crippen MR) is 227 cm³/mol. The number of rotatable bonds is 8. The molecule has 3 N–H and O–H groups in total. The van der Waals surface area contributed by atoms with Crippen molar-refractivity contribution in [3.8, 4) is 0 Å². The third-order valence-corrected chi connectivity index (χ3v) is 14.4. The monoisotopic (exact) mass is 872 g/mol. The molecule has 62 heavy (non-hydrogen) atoms.